The maximum absolute atomic E-state index is 13.1. The molecule has 1 saturated heterocycles. The van der Waals surface area contributed by atoms with Crippen molar-refractivity contribution in [3.63, 3.8) is 0 Å². The van der Waals surface area contributed by atoms with Gasteiger partial charge in [0.2, 0.25) is 5.91 Å². The first kappa shape index (κ1) is 24.4. The van der Waals surface area contributed by atoms with Gasteiger partial charge < -0.3 is 20.4 Å². The summed E-state index contributed by atoms with van der Waals surface area (Å²) in [5.41, 5.74) is 0.207. The normalized spacial score (nSPS) is 14.4. The summed E-state index contributed by atoms with van der Waals surface area (Å²) in [5, 5.41) is 4.82. The number of benzene rings is 2. The minimum Gasteiger partial charge on any atom is -0.368 e. The summed E-state index contributed by atoms with van der Waals surface area (Å²) in [6.45, 7) is 6.83. The van der Waals surface area contributed by atoms with Gasteiger partial charge in [-0.05, 0) is 49.2 Å². The van der Waals surface area contributed by atoms with Gasteiger partial charge in [0.1, 0.15) is 0 Å². The van der Waals surface area contributed by atoms with Gasteiger partial charge in [0, 0.05) is 43.5 Å². The number of nitrogens with one attached hydrogen (secondary N) is 2. The summed E-state index contributed by atoms with van der Waals surface area (Å²) in [6, 6.07) is 11.2. The summed E-state index contributed by atoms with van der Waals surface area (Å²) in [7, 11) is 0. The van der Waals surface area contributed by atoms with Gasteiger partial charge in [-0.2, -0.15) is 13.2 Å². The lowest BCUT2D eigenvalue weighted by molar-refractivity contribution is -0.137. The van der Waals surface area contributed by atoms with E-state index in [2.05, 4.69) is 15.5 Å². The molecule has 0 radical (unpaired) electrons. The second-order valence-electron chi connectivity index (χ2n) is 8.00. The van der Waals surface area contributed by atoms with Crippen LogP contribution < -0.4 is 15.5 Å². The lowest BCUT2D eigenvalue weighted by Crippen LogP contribution is -2.50. The lowest BCUT2D eigenvalue weighted by atomic mass is 10.0. The first-order valence-corrected chi connectivity index (χ1v) is 11.1. The summed E-state index contributed by atoms with van der Waals surface area (Å²) < 4.78 is 39.3. The van der Waals surface area contributed by atoms with E-state index in [0.717, 1.165) is 24.6 Å². The van der Waals surface area contributed by atoms with Crippen molar-refractivity contribution >= 4 is 29.0 Å². The molecule has 1 heterocycles. The number of hydrogen-bond donors (Lipinski definition) is 2. The Kier molecular flexibility index (Phi) is 7.84. The number of halogens is 3. The Hall–Kier alpha value is -3.23. The Morgan fingerprint density at radius 3 is 2.09 bits per heavy atom. The quantitative estimate of drug-likeness (QED) is 0.601. The fourth-order valence-electron chi connectivity index (χ4n) is 3.96. The van der Waals surface area contributed by atoms with Crippen molar-refractivity contribution in [2.24, 2.45) is 5.92 Å². The van der Waals surface area contributed by atoms with Crippen molar-refractivity contribution < 1.29 is 22.8 Å². The molecular weight excluding hydrogens is 433 g/mol. The van der Waals surface area contributed by atoms with E-state index in [9.17, 15) is 22.8 Å². The minimum atomic E-state index is -4.56. The van der Waals surface area contributed by atoms with Crippen LogP contribution in [0.5, 0.6) is 0 Å². The SMILES string of the molecule is CCC(CC)C(=O)N1CCN(c2ccc(NC(=O)Nc3ccccc3C(F)(F)F)cc2)CC1. The number of hydrogen-bond acceptors (Lipinski definition) is 3. The Morgan fingerprint density at radius 1 is 0.909 bits per heavy atom. The van der Waals surface area contributed by atoms with Crippen LogP contribution in [0.4, 0.5) is 35.0 Å². The zero-order valence-corrected chi connectivity index (χ0v) is 18.8. The minimum absolute atomic E-state index is 0.0798. The molecule has 3 amide bonds. The number of alkyl halides is 3. The Balaban J connectivity index is 1.55. The van der Waals surface area contributed by atoms with E-state index in [1.807, 2.05) is 30.9 Å². The molecule has 6 nitrogen and oxygen atoms in total. The van der Waals surface area contributed by atoms with Crippen LogP contribution in [0.3, 0.4) is 0 Å². The number of rotatable bonds is 6. The number of amides is 3. The zero-order valence-electron chi connectivity index (χ0n) is 18.8. The lowest BCUT2D eigenvalue weighted by Gasteiger charge is -2.37. The molecule has 0 aromatic heterocycles. The first-order chi connectivity index (χ1) is 15.7. The highest BCUT2D eigenvalue weighted by molar-refractivity contribution is 6.00. The highest BCUT2D eigenvalue weighted by Crippen LogP contribution is 2.34. The Labute approximate surface area is 191 Å². The zero-order chi connectivity index (χ0) is 24.0. The largest absolute Gasteiger partial charge is 0.418 e. The molecule has 0 unspecified atom stereocenters. The van der Waals surface area contributed by atoms with Crippen LogP contribution in [-0.2, 0) is 11.0 Å². The standard InChI is InChI=1S/C24H29F3N4O2/c1-3-17(4-2)22(32)31-15-13-30(14-16-31)19-11-9-18(10-12-19)28-23(33)29-21-8-6-5-7-20(21)24(25,26)27/h5-12,17H,3-4,13-16H2,1-2H3,(H2,28,29,33). The average molecular weight is 463 g/mol. The number of para-hydroxylation sites is 1. The molecule has 2 aromatic carbocycles. The maximum Gasteiger partial charge on any atom is 0.418 e. The number of carbonyl (C=O) groups is 2. The molecule has 0 spiro atoms. The van der Waals surface area contributed by atoms with Gasteiger partial charge in [-0.3, -0.25) is 4.79 Å². The van der Waals surface area contributed by atoms with Crippen molar-refractivity contribution in [1.82, 2.24) is 4.90 Å². The topological polar surface area (TPSA) is 64.7 Å². The highest BCUT2D eigenvalue weighted by Gasteiger charge is 2.33. The maximum atomic E-state index is 13.1. The molecule has 0 bridgehead atoms. The third-order valence-corrected chi connectivity index (χ3v) is 5.90. The Bertz CT molecular complexity index is 951. The van der Waals surface area contributed by atoms with Crippen LogP contribution >= 0.6 is 0 Å². The second-order valence-corrected chi connectivity index (χ2v) is 8.00. The van der Waals surface area contributed by atoms with Gasteiger partial charge in [0.15, 0.2) is 0 Å². The van der Waals surface area contributed by atoms with Gasteiger partial charge in [0.05, 0.1) is 11.3 Å². The average Bonchev–Trinajstić information content (AvgIpc) is 2.80. The van der Waals surface area contributed by atoms with Crippen LogP contribution in [0.2, 0.25) is 0 Å². The van der Waals surface area contributed by atoms with E-state index in [0.29, 0.717) is 31.9 Å². The molecule has 178 valence electrons. The van der Waals surface area contributed by atoms with Crippen LogP contribution in [0.1, 0.15) is 32.3 Å². The van der Waals surface area contributed by atoms with Crippen molar-refractivity contribution in [2.45, 2.75) is 32.9 Å². The van der Waals surface area contributed by atoms with Crippen molar-refractivity contribution in [3.8, 4) is 0 Å². The highest BCUT2D eigenvalue weighted by atomic mass is 19.4. The predicted octanol–water partition coefficient (Wildman–Crippen LogP) is 5.43. The first-order valence-electron chi connectivity index (χ1n) is 11.1. The van der Waals surface area contributed by atoms with E-state index < -0.39 is 17.8 Å². The fraction of sp³-hybridized carbons (Fsp3) is 0.417. The third kappa shape index (κ3) is 6.18. The van der Waals surface area contributed by atoms with Crippen molar-refractivity contribution in [1.29, 1.82) is 0 Å². The van der Waals surface area contributed by atoms with Crippen LogP contribution in [0.15, 0.2) is 48.5 Å². The molecule has 0 atom stereocenters. The van der Waals surface area contributed by atoms with Crippen LogP contribution in [0, 0.1) is 5.92 Å². The second kappa shape index (κ2) is 10.6. The molecule has 9 heteroatoms. The number of carbonyl (C=O) groups excluding carboxylic acids is 2. The number of urea groups is 1. The molecule has 2 aromatic rings. The van der Waals surface area contributed by atoms with E-state index in [-0.39, 0.29) is 17.5 Å². The predicted molar refractivity (Wildman–Crippen MR) is 123 cm³/mol. The van der Waals surface area contributed by atoms with E-state index in [1.165, 1.54) is 18.2 Å². The smallest absolute Gasteiger partial charge is 0.368 e. The van der Waals surface area contributed by atoms with Gasteiger partial charge in [-0.15, -0.1) is 0 Å². The van der Waals surface area contributed by atoms with E-state index in [1.54, 1.807) is 12.1 Å². The number of anilines is 3. The van der Waals surface area contributed by atoms with Crippen molar-refractivity contribution in [2.75, 3.05) is 41.7 Å². The van der Waals surface area contributed by atoms with E-state index >= 15 is 0 Å². The fourth-order valence-corrected chi connectivity index (χ4v) is 3.96. The monoisotopic (exact) mass is 462 g/mol. The number of nitrogens with zero attached hydrogens (tertiary/aromatic N) is 2. The molecule has 0 saturated carbocycles. The van der Waals surface area contributed by atoms with E-state index in [4.69, 9.17) is 0 Å². The van der Waals surface area contributed by atoms with Crippen molar-refractivity contribution in [3.05, 3.63) is 54.1 Å². The summed E-state index contributed by atoms with van der Waals surface area (Å²) in [6.07, 6.45) is -2.87. The molecule has 33 heavy (non-hydrogen) atoms. The summed E-state index contributed by atoms with van der Waals surface area (Å²) >= 11 is 0. The van der Waals surface area contributed by atoms with Gasteiger partial charge in [-0.1, -0.05) is 26.0 Å². The van der Waals surface area contributed by atoms with Crippen LogP contribution in [-0.4, -0.2) is 43.0 Å². The third-order valence-electron chi connectivity index (χ3n) is 5.90. The van der Waals surface area contributed by atoms with Gasteiger partial charge >= 0.3 is 12.2 Å². The molecule has 1 aliphatic heterocycles. The molecule has 3 rings (SSSR count). The Morgan fingerprint density at radius 2 is 1.52 bits per heavy atom. The molecule has 0 aliphatic carbocycles. The summed E-state index contributed by atoms with van der Waals surface area (Å²) in [5.74, 6) is 0.299. The van der Waals surface area contributed by atoms with Gasteiger partial charge in [0.25, 0.3) is 0 Å². The molecule has 2 N–H and O–H groups in total. The molecule has 1 aliphatic rings. The van der Waals surface area contributed by atoms with Gasteiger partial charge in [-0.25, -0.2) is 4.79 Å². The number of piperazine rings is 1. The summed E-state index contributed by atoms with van der Waals surface area (Å²) in [4.78, 5) is 28.9. The van der Waals surface area contributed by atoms with Crippen LogP contribution in [0.25, 0.3) is 0 Å². The molecule has 1 fully saturated rings. The molecular formula is C24H29F3N4O2.